The first-order valence-electron chi connectivity index (χ1n) is 7.44. The van der Waals surface area contributed by atoms with Crippen LogP contribution in [0.25, 0.3) is 0 Å². The van der Waals surface area contributed by atoms with Crippen molar-refractivity contribution >= 4 is 17.7 Å². The highest BCUT2D eigenvalue weighted by Gasteiger charge is 2.12. The molecule has 0 spiro atoms. The van der Waals surface area contributed by atoms with Crippen LogP contribution >= 0.6 is 0 Å². The molecule has 1 aromatic rings. The van der Waals surface area contributed by atoms with Gasteiger partial charge in [-0.3, -0.25) is 9.59 Å². The van der Waals surface area contributed by atoms with Gasteiger partial charge in [-0.25, -0.2) is 4.79 Å². The van der Waals surface area contributed by atoms with Crippen molar-refractivity contribution in [3.63, 3.8) is 0 Å². The quantitative estimate of drug-likeness (QED) is 0.378. The van der Waals surface area contributed by atoms with E-state index in [1.165, 1.54) is 7.11 Å². The third-order valence-corrected chi connectivity index (χ3v) is 3.19. The molecule has 0 amide bonds. The van der Waals surface area contributed by atoms with Crippen LogP contribution in [0.15, 0.2) is 30.3 Å². The molecule has 0 heterocycles. The summed E-state index contributed by atoms with van der Waals surface area (Å²) in [5.41, 5.74) is 0.970. The van der Waals surface area contributed by atoms with Gasteiger partial charge >= 0.3 is 11.9 Å². The van der Waals surface area contributed by atoms with Gasteiger partial charge in [-0.15, -0.1) is 0 Å². The average molecular weight is 306 g/mol. The summed E-state index contributed by atoms with van der Waals surface area (Å²) in [5.74, 6) is -1.50. The molecular formula is C17H22O5. The second-order valence-corrected chi connectivity index (χ2v) is 4.98. The van der Waals surface area contributed by atoms with Gasteiger partial charge in [0.15, 0.2) is 0 Å². The molecule has 5 nitrogen and oxygen atoms in total. The van der Waals surface area contributed by atoms with Crippen molar-refractivity contribution in [3.8, 4) is 0 Å². The zero-order valence-electron chi connectivity index (χ0n) is 12.9. The van der Waals surface area contributed by atoms with Crippen molar-refractivity contribution in [2.75, 3.05) is 7.11 Å². The SMILES string of the molecule is COC(=O)C(=O)CCCCCCC(=O)OCc1ccccc1. The number of methoxy groups -OCH3 is 1. The molecular weight excluding hydrogens is 284 g/mol. The molecule has 1 aromatic carbocycles. The minimum atomic E-state index is -0.788. The molecule has 0 aliphatic carbocycles. The summed E-state index contributed by atoms with van der Waals surface area (Å²) in [7, 11) is 1.20. The van der Waals surface area contributed by atoms with Gasteiger partial charge in [-0.2, -0.15) is 0 Å². The van der Waals surface area contributed by atoms with Gasteiger partial charge in [0, 0.05) is 12.8 Å². The molecule has 0 fully saturated rings. The van der Waals surface area contributed by atoms with Gasteiger partial charge in [-0.1, -0.05) is 43.2 Å². The Hall–Kier alpha value is -2.17. The number of Topliss-reactive ketones (excluding diaryl/α,β-unsaturated/α-hetero) is 1. The summed E-state index contributed by atoms with van der Waals surface area (Å²) >= 11 is 0. The van der Waals surface area contributed by atoms with Gasteiger partial charge in [0.05, 0.1) is 7.11 Å². The summed E-state index contributed by atoms with van der Waals surface area (Å²) in [4.78, 5) is 33.6. The Morgan fingerprint density at radius 2 is 1.55 bits per heavy atom. The van der Waals surface area contributed by atoms with Crippen LogP contribution in [0, 0.1) is 0 Å². The largest absolute Gasteiger partial charge is 0.463 e. The Bertz CT molecular complexity index is 481. The number of benzene rings is 1. The Balaban J connectivity index is 2.01. The fourth-order valence-corrected chi connectivity index (χ4v) is 1.93. The van der Waals surface area contributed by atoms with E-state index in [4.69, 9.17) is 4.74 Å². The number of carbonyl (C=O) groups excluding carboxylic acids is 3. The van der Waals surface area contributed by atoms with Gasteiger partial charge in [0.1, 0.15) is 6.61 Å². The van der Waals surface area contributed by atoms with E-state index in [0.29, 0.717) is 19.4 Å². The lowest BCUT2D eigenvalue weighted by atomic mass is 10.1. The Labute approximate surface area is 130 Å². The van der Waals surface area contributed by atoms with Crippen LogP contribution in [0.1, 0.15) is 44.1 Å². The molecule has 0 atom stereocenters. The molecule has 0 saturated carbocycles. The molecule has 5 heteroatoms. The van der Waals surface area contributed by atoms with Crippen LogP contribution in [0.5, 0.6) is 0 Å². The van der Waals surface area contributed by atoms with Gasteiger partial charge in [0.25, 0.3) is 0 Å². The second kappa shape index (κ2) is 10.5. The van der Waals surface area contributed by atoms with Gasteiger partial charge in [-0.05, 0) is 18.4 Å². The molecule has 0 saturated heterocycles. The van der Waals surface area contributed by atoms with E-state index in [1.807, 2.05) is 30.3 Å². The van der Waals surface area contributed by atoms with Crippen LogP contribution in [0.2, 0.25) is 0 Å². The Morgan fingerprint density at radius 3 is 2.18 bits per heavy atom. The number of rotatable bonds is 10. The minimum absolute atomic E-state index is 0.200. The summed E-state index contributed by atoms with van der Waals surface area (Å²) in [6.07, 6.45) is 3.56. The van der Waals surface area contributed by atoms with Crippen molar-refractivity contribution in [1.29, 1.82) is 0 Å². The summed E-state index contributed by atoms with van der Waals surface area (Å²) in [6, 6.07) is 9.53. The first kappa shape index (κ1) is 17.9. The van der Waals surface area contributed by atoms with Crippen LogP contribution in [-0.4, -0.2) is 24.8 Å². The Morgan fingerprint density at radius 1 is 0.909 bits per heavy atom. The average Bonchev–Trinajstić information content (AvgIpc) is 2.56. The molecule has 0 aromatic heterocycles. The maximum absolute atomic E-state index is 11.5. The maximum atomic E-state index is 11.5. The van der Waals surface area contributed by atoms with E-state index in [9.17, 15) is 14.4 Å². The fourth-order valence-electron chi connectivity index (χ4n) is 1.93. The van der Waals surface area contributed by atoms with E-state index in [2.05, 4.69) is 4.74 Å². The predicted octanol–water partition coefficient (Wildman–Crippen LogP) is 2.81. The number of hydrogen-bond donors (Lipinski definition) is 0. The fraction of sp³-hybridized carbons (Fsp3) is 0.471. The highest BCUT2D eigenvalue weighted by molar-refractivity contribution is 6.33. The van der Waals surface area contributed by atoms with Crippen LogP contribution < -0.4 is 0 Å². The Kier molecular flexibility index (Phi) is 8.57. The third-order valence-electron chi connectivity index (χ3n) is 3.19. The van der Waals surface area contributed by atoms with E-state index in [0.717, 1.165) is 24.8 Å². The van der Waals surface area contributed by atoms with Gasteiger partial charge in [0.2, 0.25) is 5.78 Å². The molecule has 1 rings (SSSR count). The number of carbonyl (C=O) groups is 3. The van der Waals surface area contributed by atoms with Gasteiger partial charge < -0.3 is 9.47 Å². The van der Waals surface area contributed by atoms with E-state index < -0.39 is 11.8 Å². The number of ether oxygens (including phenoxy) is 2. The molecule has 120 valence electrons. The van der Waals surface area contributed by atoms with Crippen molar-refractivity contribution in [1.82, 2.24) is 0 Å². The highest BCUT2D eigenvalue weighted by Crippen LogP contribution is 2.08. The first-order valence-corrected chi connectivity index (χ1v) is 7.44. The van der Waals surface area contributed by atoms with Crippen molar-refractivity contribution in [2.24, 2.45) is 0 Å². The number of hydrogen-bond acceptors (Lipinski definition) is 5. The van der Waals surface area contributed by atoms with Crippen LogP contribution in [0.3, 0.4) is 0 Å². The van der Waals surface area contributed by atoms with E-state index >= 15 is 0 Å². The standard InChI is InChI=1S/C17H22O5/c1-21-17(20)15(18)11-7-2-3-8-12-16(19)22-13-14-9-5-4-6-10-14/h4-6,9-10H,2-3,7-8,11-13H2,1H3. The predicted molar refractivity (Wildman–Crippen MR) is 81.0 cm³/mol. The lowest BCUT2D eigenvalue weighted by Crippen LogP contribution is -2.14. The van der Waals surface area contributed by atoms with Crippen LogP contribution in [0.4, 0.5) is 0 Å². The number of unbranched alkanes of at least 4 members (excludes halogenated alkanes) is 3. The molecule has 0 aliphatic rings. The van der Waals surface area contributed by atoms with Crippen molar-refractivity contribution in [3.05, 3.63) is 35.9 Å². The smallest absolute Gasteiger partial charge is 0.374 e. The summed E-state index contributed by atoms with van der Waals surface area (Å²) in [6.45, 7) is 0.299. The lowest BCUT2D eigenvalue weighted by Gasteiger charge is -2.05. The number of esters is 2. The monoisotopic (exact) mass is 306 g/mol. The maximum Gasteiger partial charge on any atom is 0.374 e. The molecule has 0 radical (unpaired) electrons. The zero-order valence-corrected chi connectivity index (χ0v) is 12.9. The third kappa shape index (κ3) is 7.57. The normalized spacial score (nSPS) is 10.0. The molecule has 0 bridgehead atoms. The summed E-state index contributed by atoms with van der Waals surface area (Å²) in [5, 5.41) is 0. The molecule has 0 N–H and O–H groups in total. The molecule has 22 heavy (non-hydrogen) atoms. The second-order valence-electron chi connectivity index (χ2n) is 4.98. The first-order chi connectivity index (χ1) is 10.6. The molecule has 0 unspecified atom stereocenters. The van der Waals surface area contributed by atoms with Crippen LogP contribution in [-0.2, 0) is 30.5 Å². The zero-order chi connectivity index (χ0) is 16.2. The van der Waals surface area contributed by atoms with E-state index in [1.54, 1.807) is 0 Å². The lowest BCUT2D eigenvalue weighted by molar-refractivity contribution is -0.151. The van der Waals surface area contributed by atoms with Crippen molar-refractivity contribution in [2.45, 2.75) is 45.1 Å². The summed E-state index contributed by atoms with van der Waals surface area (Å²) < 4.78 is 9.50. The highest BCUT2D eigenvalue weighted by atomic mass is 16.5. The number of ketones is 1. The minimum Gasteiger partial charge on any atom is -0.463 e. The van der Waals surface area contributed by atoms with Crippen molar-refractivity contribution < 1.29 is 23.9 Å². The molecule has 0 aliphatic heterocycles. The topological polar surface area (TPSA) is 69.7 Å². The van der Waals surface area contributed by atoms with E-state index in [-0.39, 0.29) is 12.4 Å².